The van der Waals surface area contributed by atoms with Gasteiger partial charge in [-0.25, -0.2) is 0 Å². The first-order valence-electron chi connectivity index (χ1n) is 6.10. The zero-order chi connectivity index (χ0) is 16.3. The Labute approximate surface area is 126 Å². The fourth-order valence-electron chi connectivity index (χ4n) is 1.69. The fraction of sp³-hybridized carbons (Fsp3) is 0.0769. The van der Waals surface area contributed by atoms with E-state index in [1.54, 1.807) is 19.1 Å². The third-order valence-corrected chi connectivity index (χ3v) is 4.08. The molecule has 0 spiro atoms. The van der Waals surface area contributed by atoms with Crippen molar-refractivity contribution in [3.63, 3.8) is 0 Å². The first kappa shape index (κ1) is 15.7. The fourth-order valence-corrected chi connectivity index (χ4v) is 2.63. The second kappa shape index (κ2) is 6.00. The Morgan fingerprint density at radius 3 is 2.36 bits per heavy atom. The Morgan fingerprint density at radius 1 is 1.18 bits per heavy atom. The van der Waals surface area contributed by atoms with Gasteiger partial charge in [0.05, 0.1) is 10.6 Å². The first-order chi connectivity index (χ1) is 10.3. The van der Waals surface area contributed by atoms with E-state index in [0.29, 0.717) is 0 Å². The lowest BCUT2D eigenvalue weighted by molar-refractivity contribution is -0.385. The maximum absolute atomic E-state index is 12.2. The second-order valence-electron chi connectivity index (χ2n) is 4.43. The van der Waals surface area contributed by atoms with Gasteiger partial charge in [-0.3, -0.25) is 16.0 Å². The second-order valence-corrected chi connectivity index (χ2v) is 5.98. The molecular formula is C13H13N3O5S. The molecule has 0 unspecified atom stereocenters. The molecule has 22 heavy (non-hydrogen) atoms. The summed E-state index contributed by atoms with van der Waals surface area (Å²) in [4.78, 5) is 10.1. The minimum Gasteiger partial charge on any atom is -0.371 e. The molecule has 0 amide bonds. The molecule has 0 radical (unpaired) electrons. The van der Waals surface area contributed by atoms with Gasteiger partial charge in [0, 0.05) is 12.1 Å². The van der Waals surface area contributed by atoms with E-state index in [-0.39, 0.29) is 10.6 Å². The summed E-state index contributed by atoms with van der Waals surface area (Å²) in [6, 6.07) is 9.51. The highest BCUT2D eigenvalue weighted by molar-refractivity contribution is 7.87. The van der Waals surface area contributed by atoms with E-state index in [0.717, 1.165) is 17.7 Å². The summed E-state index contributed by atoms with van der Waals surface area (Å²) in [5.74, 6) is 4.80. The number of aryl methyl sites for hydroxylation is 1. The number of nitrogens with zero attached hydrogens (tertiary/aromatic N) is 1. The SMILES string of the molecule is Cc1ccc(S(=O)(=O)Oc2cc(NN)ccc2[N+](=O)[O-])cc1. The largest absolute Gasteiger partial charge is 0.371 e. The van der Waals surface area contributed by atoms with Crippen molar-refractivity contribution in [3.8, 4) is 5.75 Å². The lowest BCUT2D eigenvalue weighted by atomic mass is 10.2. The highest BCUT2D eigenvalue weighted by Gasteiger charge is 2.23. The standard InChI is InChI=1S/C13H13N3O5S/c1-9-2-5-11(6-3-9)22(19,20)21-13-8-10(15-14)4-7-12(13)16(17)18/h2-8,15H,14H2,1H3. The molecule has 0 bridgehead atoms. The smallest absolute Gasteiger partial charge is 0.339 e. The molecule has 0 aromatic heterocycles. The molecule has 0 saturated heterocycles. The number of hydrogen-bond acceptors (Lipinski definition) is 7. The van der Waals surface area contributed by atoms with Crippen molar-refractivity contribution < 1.29 is 17.5 Å². The van der Waals surface area contributed by atoms with Crippen molar-refractivity contribution in [2.24, 2.45) is 5.84 Å². The third kappa shape index (κ3) is 3.32. The molecule has 0 heterocycles. The normalized spacial score (nSPS) is 11.0. The van der Waals surface area contributed by atoms with E-state index in [2.05, 4.69) is 5.43 Å². The van der Waals surface area contributed by atoms with Crippen LogP contribution in [-0.2, 0) is 10.1 Å². The van der Waals surface area contributed by atoms with Gasteiger partial charge >= 0.3 is 15.8 Å². The summed E-state index contributed by atoms with van der Waals surface area (Å²) in [5, 5.41) is 11.0. The molecule has 0 atom stereocenters. The quantitative estimate of drug-likeness (QED) is 0.373. The van der Waals surface area contributed by atoms with E-state index in [1.165, 1.54) is 18.2 Å². The summed E-state index contributed by atoms with van der Waals surface area (Å²) in [6.07, 6.45) is 0. The number of benzene rings is 2. The highest BCUT2D eigenvalue weighted by Crippen LogP contribution is 2.32. The van der Waals surface area contributed by atoms with Crippen LogP contribution in [0.25, 0.3) is 0 Å². The Hall–Kier alpha value is -2.65. The molecule has 116 valence electrons. The van der Waals surface area contributed by atoms with Gasteiger partial charge in [-0.05, 0) is 25.1 Å². The number of nitrogens with two attached hydrogens (primary N) is 1. The molecule has 0 aliphatic carbocycles. The molecule has 3 N–H and O–H groups in total. The zero-order valence-electron chi connectivity index (χ0n) is 11.5. The van der Waals surface area contributed by atoms with Crippen LogP contribution in [0.2, 0.25) is 0 Å². The van der Waals surface area contributed by atoms with E-state index < -0.39 is 26.5 Å². The number of anilines is 1. The van der Waals surface area contributed by atoms with Gasteiger partial charge in [0.2, 0.25) is 5.75 Å². The highest BCUT2D eigenvalue weighted by atomic mass is 32.2. The van der Waals surface area contributed by atoms with Crippen LogP contribution >= 0.6 is 0 Å². The van der Waals surface area contributed by atoms with Gasteiger partial charge < -0.3 is 9.61 Å². The zero-order valence-corrected chi connectivity index (χ0v) is 12.3. The molecule has 0 saturated carbocycles. The number of rotatable bonds is 5. The van der Waals surface area contributed by atoms with E-state index in [1.807, 2.05) is 0 Å². The predicted molar refractivity (Wildman–Crippen MR) is 79.9 cm³/mol. The van der Waals surface area contributed by atoms with Crippen molar-refractivity contribution in [3.05, 3.63) is 58.1 Å². The number of nitrogen functional groups attached to an aromatic ring is 1. The molecule has 2 aromatic rings. The van der Waals surface area contributed by atoms with Crippen molar-refractivity contribution in [1.29, 1.82) is 0 Å². The summed E-state index contributed by atoms with van der Waals surface area (Å²) in [6.45, 7) is 1.80. The van der Waals surface area contributed by atoms with Crippen LogP contribution in [-0.4, -0.2) is 13.3 Å². The van der Waals surface area contributed by atoms with Gasteiger partial charge in [-0.2, -0.15) is 8.42 Å². The lowest BCUT2D eigenvalue weighted by Gasteiger charge is -2.09. The molecule has 9 heteroatoms. The van der Waals surface area contributed by atoms with E-state index >= 15 is 0 Å². The van der Waals surface area contributed by atoms with E-state index in [9.17, 15) is 18.5 Å². The Balaban J connectivity index is 2.44. The van der Waals surface area contributed by atoms with Crippen LogP contribution in [0.4, 0.5) is 11.4 Å². The van der Waals surface area contributed by atoms with Gasteiger partial charge in [0.25, 0.3) is 0 Å². The number of hydrazine groups is 1. The van der Waals surface area contributed by atoms with Crippen LogP contribution in [0.3, 0.4) is 0 Å². The van der Waals surface area contributed by atoms with E-state index in [4.69, 9.17) is 10.0 Å². The topological polar surface area (TPSA) is 125 Å². The molecule has 8 nitrogen and oxygen atoms in total. The molecule has 2 rings (SSSR count). The minimum atomic E-state index is -4.18. The molecule has 0 fully saturated rings. The van der Waals surface area contributed by atoms with Crippen molar-refractivity contribution in [2.75, 3.05) is 5.43 Å². The average molecular weight is 323 g/mol. The maximum atomic E-state index is 12.2. The number of nitro benzene ring substituents is 1. The Kier molecular flexibility index (Phi) is 4.29. The summed E-state index contributed by atoms with van der Waals surface area (Å²) in [7, 11) is -4.18. The van der Waals surface area contributed by atoms with Crippen molar-refractivity contribution >= 4 is 21.5 Å². The van der Waals surface area contributed by atoms with Crippen LogP contribution in [0.5, 0.6) is 5.75 Å². The molecule has 2 aromatic carbocycles. The summed E-state index contributed by atoms with van der Waals surface area (Å²) in [5.41, 5.74) is 2.94. The minimum absolute atomic E-state index is 0.0986. The van der Waals surface area contributed by atoms with Crippen LogP contribution in [0.15, 0.2) is 47.4 Å². The summed E-state index contributed by atoms with van der Waals surface area (Å²) < 4.78 is 29.3. The number of nitrogens with one attached hydrogen (secondary N) is 1. The van der Waals surface area contributed by atoms with Crippen molar-refractivity contribution in [1.82, 2.24) is 0 Å². The van der Waals surface area contributed by atoms with Crippen LogP contribution in [0.1, 0.15) is 5.56 Å². The first-order valence-corrected chi connectivity index (χ1v) is 7.50. The van der Waals surface area contributed by atoms with Gasteiger partial charge in [0.15, 0.2) is 0 Å². The van der Waals surface area contributed by atoms with Gasteiger partial charge in [-0.1, -0.05) is 17.7 Å². The van der Waals surface area contributed by atoms with Crippen LogP contribution in [0, 0.1) is 17.0 Å². The van der Waals surface area contributed by atoms with Crippen molar-refractivity contribution in [2.45, 2.75) is 11.8 Å². The predicted octanol–water partition coefficient (Wildman–Crippen LogP) is 1.96. The van der Waals surface area contributed by atoms with Crippen LogP contribution < -0.4 is 15.5 Å². The van der Waals surface area contributed by atoms with Gasteiger partial charge in [-0.15, -0.1) is 0 Å². The molecule has 0 aliphatic rings. The molecule has 0 aliphatic heterocycles. The maximum Gasteiger partial charge on any atom is 0.339 e. The lowest BCUT2D eigenvalue weighted by Crippen LogP contribution is -2.12. The Bertz CT molecular complexity index is 803. The third-order valence-electron chi connectivity index (χ3n) is 2.83. The summed E-state index contributed by atoms with van der Waals surface area (Å²) >= 11 is 0. The van der Waals surface area contributed by atoms with Gasteiger partial charge in [0.1, 0.15) is 4.90 Å². The number of hydrogen-bond donors (Lipinski definition) is 2. The number of nitro groups is 1. The monoisotopic (exact) mass is 323 g/mol. The average Bonchev–Trinajstić information content (AvgIpc) is 2.46. The molecular weight excluding hydrogens is 310 g/mol. The Morgan fingerprint density at radius 2 is 1.82 bits per heavy atom.